The molecule has 3 atom stereocenters. The monoisotopic (exact) mass is 437 g/mol. The topological polar surface area (TPSA) is 87.7 Å². The van der Waals surface area contributed by atoms with Crippen molar-refractivity contribution in [3.8, 4) is 0 Å². The number of halogens is 1. The maximum absolute atomic E-state index is 15.0. The van der Waals surface area contributed by atoms with Gasteiger partial charge in [0.25, 0.3) is 0 Å². The Morgan fingerprint density at radius 2 is 1.97 bits per heavy atom. The van der Waals surface area contributed by atoms with Crippen LogP contribution in [0.4, 0.5) is 20.6 Å². The Morgan fingerprint density at radius 3 is 2.72 bits per heavy atom. The summed E-state index contributed by atoms with van der Waals surface area (Å²) in [7, 11) is 0. The summed E-state index contributed by atoms with van der Waals surface area (Å²) in [5.74, 6) is -1.11. The summed E-state index contributed by atoms with van der Waals surface area (Å²) in [4.78, 5) is 37.3. The lowest BCUT2D eigenvalue weighted by Gasteiger charge is -2.24. The summed E-state index contributed by atoms with van der Waals surface area (Å²) in [5, 5.41) is 5.64. The van der Waals surface area contributed by atoms with Crippen LogP contribution in [0.15, 0.2) is 48.5 Å². The number of rotatable bonds is 5. The molecule has 4 rings (SSSR count). The van der Waals surface area contributed by atoms with Gasteiger partial charge in [0.1, 0.15) is 11.9 Å². The smallest absolute Gasteiger partial charge is 0.414 e. The molecule has 1 aliphatic heterocycles. The second kappa shape index (κ2) is 8.82. The first-order valence-electron chi connectivity index (χ1n) is 10.4. The molecule has 0 bridgehead atoms. The molecule has 2 aromatic rings. The maximum atomic E-state index is 15.0. The van der Waals surface area contributed by atoms with Crippen LogP contribution in [0.3, 0.4) is 0 Å². The average Bonchev–Trinajstić information content (AvgIpc) is 3.10. The number of nitrogens with one attached hydrogen (secondary N) is 2. The first-order chi connectivity index (χ1) is 15.3. The summed E-state index contributed by atoms with van der Waals surface area (Å²) >= 11 is 0. The summed E-state index contributed by atoms with van der Waals surface area (Å²) in [6, 6.07) is 11.5. The van der Waals surface area contributed by atoms with Crippen LogP contribution >= 0.6 is 0 Å². The molecule has 7 nitrogen and oxygen atoms in total. The van der Waals surface area contributed by atoms with Crippen LogP contribution in [-0.4, -0.2) is 43.0 Å². The van der Waals surface area contributed by atoms with Gasteiger partial charge >= 0.3 is 6.09 Å². The number of carbonyl (C=O) groups is 3. The number of benzene rings is 2. The van der Waals surface area contributed by atoms with Crippen molar-refractivity contribution in [2.24, 2.45) is 0 Å². The Labute approximate surface area is 185 Å². The predicted molar refractivity (Wildman–Crippen MR) is 119 cm³/mol. The second-order valence-electron chi connectivity index (χ2n) is 7.99. The molecule has 0 radical (unpaired) electrons. The molecule has 1 aliphatic carbocycles. The fraction of sp³-hybridized carbons (Fsp3) is 0.292. The number of amides is 2. The quantitative estimate of drug-likeness (QED) is 0.748. The molecule has 1 fully saturated rings. The third-order valence-electron chi connectivity index (χ3n) is 5.75. The minimum absolute atomic E-state index is 0.138. The number of ether oxygens (including phenoxy) is 1. The van der Waals surface area contributed by atoms with E-state index in [9.17, 15) is 18.8 Å². The fourth-order valence-corrected chi connectivity index (χ4v) is 4.03. The van der Waals surface area contributed by atoms with Crippen LogP contribution in [0.25, 0.3) is 6.08 Å². The van der Waals surface area contributed by atoms with Gasteiger partial charge in [-0.3, -0.25) is 14.5 Å². The van der Waals surface area contributed by atoms with Crippen LogP contribution in [0.5, 0.6) is 0 Å². The lowest BCUT2D eigenvalue weighted by atomic mass is 9.90. The molecule has 166 valence electrons. The fourth-order valence-electron chi connectivity index (χ4n) is 4.03. The largest absolute Gasteiger partial charge is 0.442 e. The van der Waals surface area contributed by atoms with Crippen molar-refractivity contribution >= 4 is 35.2 Å². The van der Waals surface area contributed by atoms with Crippen LogP contribution in [0.2, 0.25) is 0 Å². The molecule has 2 aliphatic rings. The molecule has 2 aromatic carbocycles. The first-order valence-corrected chi connectivity index (χ1v) is 10.4. The number of ketones is 1. The first kappa shape index (κ1) is 21.5. The number of hydrogen-bond donors (Lipinski definition) is 2. The molecule has 32 heavy (non-hydrogen) atoms. The van der Waals surface area contributed by atoms with Crippen molar-refractivity contribution in [3.05, 3.63) is 65.5 Å². The Morgan fingerprint density at radius 1 is 1.19 bits per heavy atom. The highest BCUT2D eigenvalue weighted by atomic mass is 19.1. The van der Waals surface area contributed by atoms with E-state index in [0.717, 1.165) is 11.1 Å². The normalized spacial score (nSPS) is 22.2. The minimum Gasteiger partial charge on any atom is -0.442 e. The minimum atomic E-state index is -0.631. The third-order valence-corrected chi connectivity index (χ3v) is 5.75. The summed E-state index contributed by atoms with van der Waals surface area (Å²) in [6.45, 7) is 3.70. The molecule has 1 saturated heterocycles. The van der Waals surface area contributed by atoms with Gasteiger partial charge in [-0.15, -0.1) is 0 Å². The van der Waals surface area contributed by atoms with Gasteiger partial charge in [0, 0.05) is 12.8 Å². The summed E-state index contributed by atoms with van der Waals surface area (Å²) in [6.07, 6.45) is 2.19. The molecule has 1 heterocycles. The summed E-state index contributed by atoms with van der Waals surface area (Å²) < 4.78 is 20.2. The van der Waals surface area contributed by atoms with Gasteiger partial charge in [-0.05, 0) is 35.4 Å². The lowest BCUT2D eigenvalue weighted by Crippen LogP contribution is -2.34. The van der Waals surface area contributed by atoms with Crippen molar-refractivity contribution in [2.45, 2.75) is 31.9 Å². The van der Waals surface area contributed by atoms with Crippen molar-refractivity contribution in [2.75, 3.05) is 23.3 Å². The Kier molecular flexibility index (Phi) is 5.94. The molecule has 2 N–H and O–H groups in total. The zero-order valence-electron chi connectivity index (χ0n) is 17.8. The van der Waals surface area contributed by atoms with Gasteiger partial charge in [0.05, 0.1) is 30.5 Å². The van der Waals surface area contributed by atoms with Crippen LogP contribution in [0.1, 0.15) is 30.9 Å². The number of carbonyl (C=O) groups excluding carboxylic acids is 3. The van der Waals surface area contributed by atoms with E-state index in [1.807, 2.05) is 31.2 Å². The van der Waals surface area contributed by atoms with E-state index in [1.165, 1.54) is 30.0 Å². The van der Waals surface area contributed by atoms with Crippen LogP contribution in [0, 0.1) is 5.82 Å². The highest BCUT2D eigenvalue weighted by Gasteiger charge is 2.33. The second-order valence-corrected chi connectivity index (χ2v) is 7.99. The number of nitrogens with zero attached hydrogens (tertiary/aromatic N) is 1. The van der Waals surface area contributed by atoms with E-state index in [1.54, 1.807) is 12.1 Å². The van der Waals surface area contributed by atoms with E-state index in [-0.39, 0.29) is 36.4 Å². The van der Waals surface area contributed by atoms with E-state index < -0.39 is 24.1 Å². The number of anilines is 2. The van der Waals surface area contributed by atoms with Gasteiger partial charge in [0.15, 0.2) is 5.78 Å². The van der Waals surface area contributed by atoms with Crippen molar-refractivity contribution < 1.29 is 23.5 Å². The van der Waals surface area contributed by atoms with Crippen molar-refractivity contribution in [1.82, 2.24) is 5.32 Å². The molecule has 2 unspecified atom stereocenters. The van der Waals surface area contributed by atoms with Crippen LogP contribution < -0.4 is 15.5 Å². The van der Waals surface area contributed by atoms with Crippen molar-refractivity contribution in [1.29, 1.82) is 0 Å². The van der Waals surface area contributed by atoms with Gasteiger partial charge in [0.2, 0.25) is 5.91 Å². The van der Waals surface area contributed by atoms with Crippen molar-refractivity contribution in [3.63, 3.8) is 0 Å². The van der Waals surface area contributed by atoms with Gasteiger partial charge in [-0.1, -0.05) is 37.3 Å². The van der Waals surface area contributed by atoms with Crippen LogP contribution in [-0.2, 0) is 14.3 Å². The molecular formula is C24H24FN3O4. The predicted octanol–water partition coefficient (Wildman–Crippen LogP) is 3.47. The van der Waals surface area contributed by atoms with E-state index in [4.69, 9.17) is 4.74 Å². The Balaban J connectivity index is 1.51. The Hall–Kier alpha value is -3.68. The Bertz CT molecular complexity index is 1100. The van der Waals surface area contributed by atoms with E-state index in [2.05, 4.69) is 10.6 Å². The highest BCUT2D eigenvalue weighted by Crippen LogP contribution is 2.32. The average molecular weight is 437 g/mol. The summed E-state index contributed by atoms with van der Waals surface area (Å²) in [5.41, 5.74) is 2.49. The number of hydrogen-bond acceptors (Lipinski definition) is 5. The number of cyclic esters (lactones) is 1. The molecular weight excluding hydrogens is 413 g/mol. The zero-order chi connectivity index (χ0) is 22.8. The van der Waals surface area contributed by atoms with Gasteiger partial charge in [-0.2, -0.15) is 0 Å². The molecule has 0 spiro atoms. The molecule has 2 amide bonds. The molecule has 0 aromatic heterocycles. The third kappa shape index (κ3) is 4.34. The highest BCUT2D eigenvalue weighted by molar-refractivity contribution is 6.01. The SMILES string of the molecule is CC(=O)NC[C@H]1CN(c2ccc(NC3C(=O)C=Cc4ccccc4C3C)c(F)c2)C(=O)O1. The van der Waals surface area contributed by atoms with Gasteiger partial charge < -0.3 is 15.4 Å². The zero-order valence-corrected chi connectivity index (χ0v) is 17.8. The number of fused-ring (bicyclic) bond motifs is 1. The van der Waals surface area contributed by atoms with E-state index >= 15 is 0 Å². The van der Waals surface area contributed by atoms with Gasteiger partial charge in [-0.25, -0.2) is 9.18 Å². The lowest BCUT2D eigenvalue weighted by molar-refractivity contribution is -0.119. The standard InChI is InChI=1S/C24H24FN3O4/c1-14-19-6-4-3-5-16(19)7-10-22(30)23(14)27-21-9-8-17(11-20(21)25)28-13-18(32-24(28)31)12-26-15(2)29/h3-11,14,18,23,27H,12-13H2,1-2H3,(H,26,29)/t14?,18-,23?/m0/s1. The maximum Gasteiger partial charge on any atom is 0.414 e. The van der Waals surface area contributed by atoms with E-state index in [0.29, 0.717) is 5.69 Å². The molecule has 8 heteroatoms. The molecule has 0 saturated carbocycles.